The lowest BCUT2D eigenvalue weighted by Crippen LogP contribution is -2.27. The van der Waals surface area contributed by atoms with Crippen LogP contribution in [-0.4, -0.2) is 81.1 Å². The summed E-state index contributed by atoms with van der Waals surface area (Å²) < 4.78 is 80.0. The summed E-state index contributed by atoms with van der Waals surface area (Å²) in [5.41, 5.74) is 5.11. The summed E-state index contributed by atoms with van der Waals surface area (Å²) in [5, 5.41) is 13.0. The van der Waals surface area contributed by atoms with E-state index in [2.05, 4.69) is 31.7 Å². The maximum atomic E-state index is 13.5. The fourth-order valence-corrected chi connectivity index (χ4v) is 8.25. The number of hydrazone groups is 2. The lowest BCUT2D eigenvalue weighted by atomic mass is 9.94. The second-order valence-corrected chi connectivity index (χ2v) is 17.4. The van der Waals surface area contributed by atoms with Crippen LogP contribution in [0, 0.1) is 7.14 Å². The van der Waals surface area contributed by atoms with E-state index in [1.165, 1.54) is 87.0 Å². The molecule has 0 aromatic heterocycles. The number of anilines is 4. The molecule has 6 N–H and O–H groups in total. The van der Waals surface area contributed by atoms with Gasteiger partial charge in [-0.2, -0.15) is 27.0 Å². The van der Waals surface area contributed by atoms with Gasteiger partial charge in [-0.15, -0.1) is 0 Å². The van der Waals surface area contributed by atoms with Crippen molar-refractivity contribution in [1.82, 2.24) is 0 Å². The minimum absolute atomic E-state index is 0.0106. The minimum Gasteiger partial charge on any atom is -0.465 e. The van der Waals surface area contributed by atoms with Crippen LogP contribution in [0.25, 0.3) is 12.2 Å². The maximum absolute atomic E-state index is 13.5. The van der Waals surface area contributed by atoms with Gasteiger partial charge in [0.05, 0.1) is 36.7 Å². The van der Waals surface area contributed by atoms with E-state index in [0.717, 1.165) is 12.2 Å². The number of Topliss-reactive ketones (excluding diaryl/α,β-unsaturated/α-hetero) is 2. The average molecular weight is 1080 g/mol. The SMILES string of the molecule is COC(=O)c1ccc(N/N=C2\C(=O)c3ccc(NC(=O)Nc4ccc5c(c4)C=C(S(=O)(=O)O)/C(=N/Nc4ccc(C(=O)OC)cc4I)C5=O)cc3C=C2S(=O)(=O)O)c(I)c1. The zero-order valence-electron chi connectivity index (χ0n) is 30.4. The smallest absolute Gasteiger partial charge is 0.337 e. The molecule has 0 heterocycles. The van der Waals surface area contributed by atoms with E-state index in [9.17, 15) is 49.9 Å². The molecule has 308 valence electrons. The van der Waals surface area contributed by atoms with Gasteiger partial charge in [-0.3, -0.25) is 29.5 Å². The van der Waals surface area contributed by atoms with Crippen LogP contribution < -0.4 is 21.5 Å². The Labute approximate surface area is 367 Å². The number of rotatable bonds is 10. The topological polar surface area (TPSA) is 285 Å². The number of hydrogen-bond acceptors (Lipinski definition) is 15. The van der Waals surface area contributed by atoms with E-state index in [4.69, 9.17) is 9.47 Å². The quantitative estimate of drug-likeness (QED) is 0.0467. The number of ketones is 2. The predicted octanol–water partition coefficient (Wildman–Crippen LogP) is 5.90. The first-order chi connectivity index (χ1) is 28.3. The number of carbonyl (C=O) groups excluding carboxylic acids is 5. The summed E-state index contributed by atoms with van der Waals surface area (Å²) in [7, 11) is -7.59. The fraction of sp³-hybridized carbons (Fsp3) is 0.0541. The molecular formula is C37H26I2N6O13S2. The van der Waals surface area contributed by atoms with Crippen molar-refractivity contribution in [3.63, 3.8) is 0 Å². The van der Waals surface area contributed by atoms with Gasteiger partial charge in [-0.25, -0.2) is 14.4 Å². The summed E-state index contributed by atoms with van der Waals surface area (Å²) in [5.74, 6) is -2.93. The summed E-state index contributed by atoms with van der Waals surface area (Å²) in [6.07, 6.45) is 1.99. The van der Waals surface area contributed by atoms with E-state index in [1.54, 1.807) is 0 Å². The number of nitrogens with one attached hydrogen (secondary N) is 4. The number of carbonyl (C=O) groups is 5. The highest BCUT2D eigenvalue weighted by Gasteiger charge is 2.34. The number of fused-ring (bicyclic) bond motifs is 2. The van der Waals surface area contributed by atoms with Crippen molar-refractivity contribution in [2.24, 2.45) is 10.2 Å². The second kappa shape index (κ2) is 17.4. The number of ether oxygens (including phenoxy) is 2. The highest BCUT2D eigenvalue weighted by atomic mass is 127. The van der Waals surface area contributed by atoms with Gasteiger partial charge in [0.25, 0.3) is 20.2 Å². The standard InChI is InChI=1S/C37H26I2N6O13S2/c1-57-35(48)17-3-9-27(25(38)13-17)42-44-31-29(59(51,52)53)15-19-11-21(5-7-23(19)33(31)46)40-37(50)41-22-6-8-24-20(12-22)16-30(60(54,55)56)32(34(24)47)45-43-28-10-4-18(14-26(28)39)36(49)58-2/h3-16,42-43H,1-2H3,(H2,40,41,50)(H,51,52,53)(H,54,55,56)/b44-31-,45-32-. The Morgan fingerprint density at radius 1 is 0.600 bits per heavy atom. The number of benzene rings is 4. The van der Waals surface area contributed by atoms with Gasteiger partial charge >= 0.3 is 18.0 Å². The molecule has 2 amide bonds. The van der Waals surface area contributed by atoms with Crippen molar-refractivity contribution < 1.29 is 59.4 Å². The highest BCUT2D eigenvalue weighted by Crippen LogP contribution is 2.31. The zero-order chi connectivity index (χ0) is 43.7. The summed E-state index contributed by atoms with van der Waals surface area (Å²) in [6.45, 7) is 0. The molecule has 0 fully saturated rings. The van der Waals surface area contributed by atoms with Crippen molar-refractivity contribution in [3.05, 3.63) is 123 Å². The number of amides is 2. The highest BCUT2D eigenvalue weighted by molar-refractivity contribution is 14.1. The molecule has 0 spiro atoms. The molecule has 23 heteroatoms. The van der Waals surface area contributed by atoms with Crippen molar-refractivity contribution in [1.29, 1.82) is 0 Å². The van der Waals surface area contributed by atoms with Crippen LogP contribution in [0.5, 0.6) is 0 Å². The van der Waals surface area contributed by atoms with E-state index < -0.39 is 71.0 Å². The molecule has 0 aliphatic heterocycles. The number of halogens is 2. The van der Waals surface area contributed by atoms with Gasteiger partial charge in [0.15, 0.2) is 11.4 Å². The van der Waals surface area contributed by atoms with Gasteiger partial charge in [-0.05, 0) is 141 Å². The molecule has 19 nitrogen and oxygen atoms in total. The molecule has 4 aromatic carbocycles. The third-order valence-electron chi connectivity index (χ3n) is 8.49. The molecular weight excluding hydrogens is 1050 g/mol. The molecule has 0 unspecified atom stereocenters. The average Bonchev–Trinajstić information content (AvgIpc) is 3.19. The van der Waals surface area contributed by atoms with Gasteiger partial charge in [0, 0.05) is 29.6 Å². The Morgan fingerprint density at radius 2 is 0.983 bits per heavy atom. The lowest BCUT2D eigenvalue weighted by Gasteiger charge is -2.18. The fourth-order valence-electron chi connectivity index (χ4n) is 5.66. The van der Waals surface area contributed by atoms with Crippen LogP contribution in [0.15, 0.2) is 92.8 Å². The molecule has 2 aliphatic rings. The van der Waals surface area contributed by atoms with E-state index in [1.807, 2.05) is 45.2 Å². The van der Waals surface area contributed by atoms with Crippen LogP contribution in [0.2, 0.25) is 0 Å². The summed E-state index contributed by atoms with van der Waals surface area (Å²) in [4.78, 5) is 62.1. The van der Waals surface area contributed by atoms with Crippen molar-refractivity contribution in [2.45, 2.75) is 0 Å². The zero-order valence-corrected chi connectivity index (χ0v) is 36.4. The molecule has 60 heavy (non-hydrogen) atoms. The van der Waals surface area contributed by atoms with E-state index in [0.29, 0.717) is 18.5 Å². The van der Waals surface area contributed by atoms with Gasteiger partial charge in [0.2, 0.25) is 11.6 Å². The number of allylic oxidation sites excluding steroid dienone is 2. The Balaban J connectivity index is 1.20. The molecule has 0 saturated heterocycles. The first-order valence-electron chi connectivity index (χ1n) is 16.6. The van der Waals surface area contributed by atoms with Crippen LogP contribution >= 0.6 is 45.2 Å². The third kappa shape index (κ3) is 9.44. The second-order valence-electron chi connectivity index (χ2n) is 12.3. The lowest BCUT2D eigenvalue weighted by molar-refractivity contribution is 0.0592. The van der Waals surface area contributed by atoms with Crippen molar-refractivity contribution in [2.75, 3.05) is 35.7 Å². The molecule has 0 bridgehead atoms. The van der Waals surface area contributed by atoms with Gasteiger partial charge in [-0.1, -0.05) is 0 Å². The number of nitrogens with zero attached hydrogens (tertiary/aromatic N) is 2. The van der Waals surface area contributed by atoms with Crippen LogP contribution in [0.4, 0.5) is 27.5 Å². The molecule has 0 atom stereocenters. The number of urea groups is 1. The monoisotopic (exact) mass is 1080 g/mol. The Morgan fingerprint density at radius 3 is 1.32 bits per heavy atom. The van der Waals surface area contributed by atoms with Crippen LogP contribution in [0.1, 0.15) is 52.6 Å². The molecule has 0 radical (unpaired) electrons. The Kier molecular flexibility index (Phi) is 12.7. The minimum atomic E-state index is -5.01. The van der Waals surface area contributed by atoms with E-state index >= 15 is 0 Å². The maximum Gasteiger partial charge on any atom is 0.337 e. The largest absolute Gasteiger partial charge is 0.465 e. The van der Waals surface area contributed by atoms with Crippen molar-refractivity contribution >= 4 is 141 Å². The third-order valence-corrected chi connectivity index (χ3v) is 12.0. The number of methoxy groups -OCH3 is 2. The first-order valence-corrected chi connectivity index (χ1v) is 21.6. The van der Waals surface area contributed by atoms with Crippen molar-refractivity contribution in [3.8, 4) is 0 Å². The van der Waals surface area contributed by atoms with Gasteiger partial charge in [0.1, 0.15) is 9.81 Å². The molecule has 6 rings (SSSR count). The molecule has 2 aliphatic carbocycles. The Bertz CT molecular complexity index is 2730. The summed E-state index contributed by atoms with van der Waals surface area (Å²) in [6, 6.07) is 15.7. The molecule has 0 saturated carbocycles. The number of hydrogen-bond donors (Lipinski definition) is 6. The van der Waals surface area contributed by atoms with E-state index in [-0.39, 0.29) is 44.8 Å². The Hall–Kier alpha value is -5.87. The normalized spacial score (nSPS) is 15.0. The van der Waals surface area contributed by atoms with Crippen LogP contribution in [0.3, 0.4) is 0 Å². The first kappa shape index (κ1) is 43.7. The molecule has 4 aromatic rings. The predicted molar refractivity (Wildman–Crippen MR) is 236 cm³/mol. The summed E-state index contributed by atoms with van der Waals surface area (Å²) >= 11 is 3.78. The van der Waals surface area contributed by atoms with Crippen LogP contribution in [-0.2, 0) is 29.7 Å². The van der Waals surface area contributed by atoms with Gasteiger partial charge < -0.3 is 20.1 Å². The number of esters is 2.